The van der Waals surface area contributed by atoms with Gasteiger partial charge in [0.1, 0.15) is 17.3 Å². The van der Waals surface area contributed by atoms with Gasteiger partial charge >= 0.3 is 0 Å². The van der Waals surface area contributed by atoms with Crippen LogP contribution in [-0.4, -0.2) is 32.6 Å². The number of H-pyrrole nitrogens is 1. The number of nitrogens with two attached hydrogens (primary N) is 1. The van der Waals surface area contributed by atoms with E-state index in [1.165, 1.54) is 6.07 Å². The Kier molecular flexibility index (Phi) is 8.97. The Morgan fingerprint density at radius 3 is 2.67 bits per heavy atom. The number of rotatable bonds is 11. The molecule has 6 nitrogen and oxygen atoms in total. The minimum atomic E-state index is -0.452. The van der Waals surface area contributed by atoms with E-state index in [0.29, 0.717) is 24.4 Å². The van der Waals surface area contributed by atoms with Gasteiger partial charge in [0.25, 0.3) is 0 Å². The number of hydrogen-bond acceptors (Lipinski definition) is 4. The van der Waals surface area contributed by atoms with Gasteiger partial charge in [0.2, 0.25) is 0 Å². The molecular formula is C29H35FN6. The van der Waals surface area contributed by atoms with Gasteiger partial charge in [0.05, 0.1) is 23.4 Å². The minimum absolute atomic E-state index is 0.123. The average Bonchev–Trinajstić information content (AvgIpc) is 3.45. The van der Waals surface area contributed by atoms with Crippen LogP contribution >= 0.6 is 0 Å². The van der Waals surface area contributed by atoms with Crippen molar-refractivity contribution in [2.24, 2.45) is 0 Å². The molecule has 1 aromatic carbocycles. The summed E-state index contributed by atoms with van der Waals surface area (Å²) in [6.07, 6.45) is 13.4. The monoisotopic (exact) mass is 486 g/mol. The van der Waals surface area contributed by atoms with E-state index >= 15 is 0 Å². The quantitative estimate of drug-likeness (QED) is 0.238. The van der Waals surface area contributed by atoms with E-state index in [4.69, 9.17) is 10.7 Å². The lowest BCUT2D eigenvalue weighted by Crippen LogP contribution is -2.15. The normalized spacial score (nSPS) is 12.8. The topological polar surface area (TPSA) is 84.5 Å². The summed E-state index contributed by atoms with van der Waals surface area (Å²) in [5.74, 6) is 0.237. The van der Waals surface area contributed by atoms with Gasteiger partial charge in [0, 0.05) is 24.9 Å². The molecule has 188 valence electrons. The van der Waals surface area contributed by atoms with E-state index < -0.39 is 5.82 Å². The third kappa shape index (κ3) is 6.17. The van der Waals surface area contributed by atoms with Crippen LogP contribution in [0.2, 0.25) is 0 Å². The summed E-state index contributed by atoms with van der Waals surface area (Å²) in [6.45, 7) is 17.1. The van der Waals surface area contributed by atoms with Crippen LogP contribution in [0.3, 0.4) is 0 Å². The predicted molar refractivity (Wildman–Crippen MR) is 148 cm³/mol. The molecule has 0 fully saturated rings. The van der Waals surface area contributed by atoms with Gasteiger partial charge in [-0.3, -0.25) is 0 Å². The number of nitrogens with one attached hydrogen (secondary N) is 2. The van der Waals surface area contributed by atoms with Crippen molar-refractivity contribution in [2.75, 3.05) is 18.8 Å². The smallest absolute Gasteiger partial charge is 0.146 e. The van der Waals surface area contributed by atoms with Crippen LogP contribution in [0, 0.1) is 19.7 Å². The van der Waals surface area contributed by atoms with Crippen molar-refractivity contribution in [2.45, 2.75) is 34.1 Å². The van der Waals surface area contributed by atoms with Gasteiger partial charge < -0.3 is 20.6 Å². The molecule has 0 aliphatic rings. The first-order chi connectivity index (χ1) is 17.3. The number of hydrogen-bond donors (Lipinski definition) is 3. The molecule has 0 spiro atoms. The summed E-state index contributed by atoms with van der Waals surface area (Å²) in [4.78, 5) is 12.5. The van der Waals surface area contributed by atoms with Crippen molar-refractivity contribution >= 4 is 17.0 Å². The van der Waals surface area contributed by atoms with Gasteiger partial charge in [-0.2, -0.15) is 0 Å². The molecular weight excluding hydrogens is 451 g/mol. The number of allylic oxidation sites excluding steroid dienone is 5. The van der Waals surface area contributed by atoms with E-state index in [1.807, 2.05) is 68.8 Å². The lowest BCUT2D eigenvalue weighted by Gasteiger charge is -2.12. The fourth-order valence-corrected chi connectivity index (χ4v) is 3.96. The molecule has 0 bridgehead atoms. The molecule has 0 radical (unpaired) electrons. The Labute approximate surface area is 212 Å². The maximum absolute atomic E-state index is 14.9. The van der Waals surface area contributed by atoms with Crippen molar-refractivity contribution in [1.29, 1.82) is 0 Å². The van der Waals surface area contributed by atoms with E-state index in [2.05, 4.69) is 28.4 Å². The lowest BCUT2D eigenvalue weighted by atomic mass is 9.97. The Hall–Kier alpha value is -3.97. The molecule has 0 atom stereocenters. The summed E-state index contributed by atoms with van der Waals surface area (Å²) < 4.78 is 16.8. The molecule has 0 saturated heterocycles. The fourth-order valence-electron chi connectivity index (χ4n) is 3.96. The van der Waals surface area contributed by atoms with Crippen LogP contribution < -0.4 is 11.1 Å². The largest absolute Gasteiger partial charge is 0.396 e. The Morgan fingerprint density at radius 1 is 1.28 bits per heavy atom. The number of aryl methyl sites for hydroxylation is 2. The van der Waals surface area contributed by atoms with Gasteiger partial charge in [-0.15, -0.1) is 0 Å². The number of aromatic nitrogens is 4. The number of nitrogen functional groups attached to an aromatic ring is 1. The summed E-state index contributed by atoms with van der Waals surface area (Å²) in [5.41, 5.74) is 13.0. The second kappa shape index (κ2) is 12.1. The average molecular weight is 487 g/mol. The second-order valence-electron chi connectivity index (χ2n) is 8.52. The molecule has 3 aromatic rings. The van der Waals surface area contributed by atoms with E-state index in [-0.39, 0.29) is 5.69 Å². The highest BCUT2D eigenvalue weighted by Crippen LogP contribution is 2.28. The zero-order valence-corrected chi connectivity index (χ0v) is 21.5. The van der Waals surface area contributed by atoms with Gasteiger partial charge in [-0.1, -0.05) is 44.4 Å². The number of nitrogens with zero attached hydrogens (tertiary/aromatic N) is 3. The molecule has 0 saturated carbocycles. The summed E-state index contributed by atoms with van der Waals surface area (Å²) in [6, 6.07) is 3.40. The predicted octanol–water partition coefficient (Wildman–Crippen LogP) is 5.74. The van der Waals surface area contributed by atoms with Crippen LogP contribution in [0.1, 0.15) is 47.9 Å². The number of aromatic amines is 1. The molecule has 0 aliphatic heterocycles. The highest BCUT2D eigenvalue weighted by Gasteiger charge is 2.16. The van der Waals surface area contributed by atoms with Crippen molar-refractivity contribution in [3.05, 3.63) is 114 Å². The number of halogens is 1. The Morgan fingerprint density at radius 2 is 2.06 bits per heavy atom. The lowest BCUT2D eigenvalue weighted by molar-refractivity contribution is 0.630. The van der Waals surface area contributed by atoms with Gasteiger partial charge in [0.15, 0.2) is 0 Å². The number of benzene rings is 1. The maximum atomic E-state index is 14.9. The van der Waals surface area contributed by atoms with Crippen LogP contribution in [0.5, 0.6) is 0 Å². The van der Waals surface area contributed by atoms with E-state index in [1.54, 1.807) is 12.4 Å². The molecule has 36 heavy (non-hydrogen) atoms. The van der Waals surface area contributed by atoms with Crippen molar-refractivity contribution in [3.63, 3.8) is 0 Å². The zero-order valence-electron chi connectivity index (χ0n) is 21.5. The minimum Gasteiger partial charge on any atom is -0.396 e. The first-order valence-electron chi connectivity index (χ1n) is 12.0. The third-order valence-corrected chi connectivity index (χ3v) is 5.84. The van der Waals surface area contributed by atoms with E-state index in [0.717, 1.165) is 46.0 Å². The Balaban J connectivity index is 1.97. The van der Waals surface area contributed by atoms with Crippen molar-refractivity contribution in [3.8, 4) is 0 Å². The van der Waals surface area contributed by atoms with Crippen LogP contribution in [0.25, 0.3) is 11.3 Å². The molecule has 0 aliphatic carbocycles. The number of likely N-dealkylation sites (N-methyl/N-ethyl adjacent to an activating group) is 1. The number of imidazole rings is 2. The van der Waals surface area contributed by atoms with Crippen molar-refractivity contribution in [1.82, 2.24) is 24.8 Å². The summed E-state index contributed by atoms with van der Waals surface area (Å²) >= 11 is 0. The molecule has 0 unspecified atom stereocenters. The Bertz CT molecular complexity index is 1340. The first kappa shape index (κ1) is 26.6. The second-order valence-corrected chi connectivity index (χ2v) is 8.52. The summed E-state index contributed by atoms with van der Waals surface area (Å²) in [7, 11) is 0. The number of anilines is 1. The molecule has 7 heteroatoms. The SMILES string of the molecule is C=C/C=C(\c1nc(Cc2cc(C(/C=C(\C=C)CNCC)=C/C)cc(F)c2N)[nH]c1C)n1cnc(C)c1. The van der Waals surface area contributed by atoms with Crippen LogP contribution in [-0.2, 0) is 6.42 Å². The maximum Gasteiger partial charge on any atom is 0.146 e. The molecule has 2 aromatic heterocycles. The van der Waals surface area contributed by atoms with Gasteiger partial charge in [-0.05, 0) is 67.8 Å². The van der Waals surface area contributed by atoms with Gasteiger partial charge in [-0.25, -0.2) is 14.4 Å². The molecule has 3 rings (SSSR count). The van der Waals surface area contributed by atoms with E-state index in [9.17, 15) is 4.39 Å². The molecule has 0 amide bonds. The molecule has 2 heterocycles. The first-order valence-corrected chi connectivity index (χ1v) is 12.0. The van der Waals surface area contributed by atoms with Crippen LogP contribution in [0.15, 0.2) is 73.8 Å². The fraction of sp³-hybridized carbons (Fsp3) is 0.241. The standard InChI is InChI=1S/C29H35FN6/c1-7-11-26(36-17-19(5)33-18-36)29-20(6)34-27(35-29)15-24-13-23(14-25(30)28(24)31)22(9-3)12-21(8-2)16-32-10-4/h7-9,11-14,17-18,32H,1-2,10,15-16,31H2,3-6H3,(H,34,35)/b21-12+,22-9+,26-11+. The third-order valence-electron chi connectivity index (χ3n) is 5.84. The van der Waals surface area contributed by atoms with Crippen LogP contribution in [0.4, 0.5) is 10.1 Å². The van der Waals surface area contributed by atoms with Crippen molar-refractivity contribution < 1.29 is 4.39 Å². The summed E-state index contributed by atoms with van der Waals surface area (Å²) in [5, 5.41) is 3.29. The zero-order chi connectivity index (χ0) is 26.2. The molecule has 4 N–H and O–H groups in total. The highest BCUT2D eigenvalue weighted by atomic mass is 19.1. The highest BCUT2D eigenvalue weighted by molar-refractivity contribution is 5.77.